The largest absolute Gasteiger partial charge is 0.478 e. The number of aromatic carboxylic acids is 1. The molecule has 5 nitrogen and oxygen atoms in total. The number of hydrogen-bond donors (Lipinski definition) is 1. The molecular weight excluding hydrogens is 332 g/mol. The van der Waals surface area contributed by atoms with Crippen molar-refractivity contribution < 1.29 is 24.1 Å². The third-order valence-corrected chi connectivity index (χ3v) is 6.57. The molecule has 1 N–H and O–H groups in total. The van der Waals surface area contributed by atoms with Gasteiger partial charge in [-0.05, 0) is 73.8 Å². The van der Waals surface area contributed by atoms with Gasteiger partial charge in [-0.2, -0.15) is 0 Å². The molecule has 0 spiro atoms. The molecule has 5 heteroatoms. The molecule has 0 aromatic heterocycles. The fourth-order valence-electron chi connectivity index (χ4n) is 5.96. The third-order valence-electron chi connectivity index (χ3n) is 6.57. The fourth-order valence-corrected chi connectivity index (χ4v) is 5.96. The van der Waals surface area contributed by atoms with Crippen LogP contribution in [-0.4, -0.2) is 38.2 Å². The van der Waals surface area contributed by atoms with Crippen LogP contribution in [0.25, 0.3) is 0 Å². The summed E-state index contributed by atoms with van der Waals surface area (Å²) < 4.78 is 16.4. The first kappa shape index (κ1) is 17.8. The van der Waals surface area contributed by atoms with Crippen molar-refractivity contribution in [1.82, 2.24) is 0 Å². The molecule has 4 saturated carbocycles. The van der Waals surface area contributed by atoms with E-state index in [9.17, 15) is 9.90 Å². The SMILES string of the molecule is COCCOCOc1cc(C(=O)O)ccc1C12CC3CC(CC(C3)C1)C2. The summed E-state index contributed by atoms with van der Waals surface area (Å²) in [5, 5.41) is 9.37. The van der Waals surface area contributed by atoms with Gasteiger partial charge in [0.15, 0.2) is 6.79 Å². The van der Waals surface area contributed by atoms with E-state index in [-0.39, 0.29) is 17.8 Å². The van der Waals surface area contributed by atoms with Gasteiger partial charge in [-0.1, -0.05) is 6.07 Å². The van der Waals surface area contributed by atoms with E-state index in [0.29, 0.717) is 19.0 Å². The Kier molecular flexibility index (Phi) is 4.93. The Labute approximate surface area is 154 Å². The van der Waals surface area contributed by atoms with Crippen LogP contribution in [0.1, 0.15) is 54.4 Å². The first-order valence-electron chi connectivity index (χ1n) is 9.67. The summed E-state index contributed by atoms with van der Waals surface area (Å²) >= 11 is 0. The zero-order valence-electron chi connectivity index (χ0n) is 15.4. The number of rotatable bonds is 8. The lowest BCUT2D eigenvalue weighted by atomic mass is 9.48. The normalized spacial score (nSPS) is 32.0. The van der Waals surface area contributed by atoms with Gasteiger partial charge in [-0.15, -0.1) is 0 Å². The number of carboxylic acids is 1. The third kappa shape index (κ3) is 3.35. The Hall–Kier alpha value is -1.59. The molecule has 0 amide bonds. The number of ether oxygens (including phenoxy) is 3. The summed E-state index contributed by atoms with van der Waals surface area (Å²) in [6.45, 7) is 1.09. The van der Waals surface area contributed by atoms with Crippen molar-refractivity contribution in [3.8, 4) is 5.75 Å². The second-order valence-electron chi connectivity index (χ2n) is 8.38. The van der Waals surface area contributed by atoms with Crippen LogP contribution in [0.15, 0.2) is 18.2 Å². The molecule has 1 aromatic carbocycles. The van der Waals surface area contributed by atoms with Gasteiger partial charge in [-0.25, -0.2) is 4.79 Å². The second-order valence-corrected chi connectivity index (χ2v) is 8.38. The quantitative estimate of drug-likeness (QED) is 0.563. The van der Waals surface area contributed by atoms with Crippen molar-refractivity contribution >= 4 is 5.97 Å². The van der Waals surface area contributed by atoms with Crippen molar-refractivity contribution in [3.63, 3.8) is 0 Å². The highest BCUT2D eigenvalue weighted by Gasteiger charge is 2.52. The highest BCUT2D eigenvalue weighted by molar-refractivity contribution is 5.88. The monoisotopic (exact) mass is 360 g/mol. The first-order chi connectivity index (χ1) is 12.6. The molecule has 26 heavy (non-hydrogen) atoms. The molecule has 0 saturated heterocycles. The van der Waals surface area contributed by atoms with Crippen molar-refractivity contribution in [1.29, 1.82) is 0 Å². The van der Waals surface area contributed by atoms with E-state index in [1.807, 2.05) is 6.07 Å². The number of methoxy groups -OCH3 is 1. The minimum absolute atomic E-state index is 0.117. The van der Waals surface area contributed by atoms with E-state index >= 15 is 0 Å². The second kappa shape index (κ2) is 7.20. The van der Waals surface area contributed by atoms with Crippen LogP contribution in [0.5, 0.6) is 5.75 Å². The average Bonchev–Trinajstić information content (AvgIpc) is 2.60. The molecule has 142 valence electrons. The Morgan fingerprint density at radius 2 is 1.77 bits per heavy atom. The zero-order valence-corrected chi connectivity index (χ0v) is 15.4. The minimum Gasteiger partial charge on any atom is -0.478 e. The van der Waals surface area contributed by atoms with Gasteiger partial charge in [0.1, 0.15) is 5.75 Å². The first-order valence-corrected chi connectivity index (χ1v) is 9.67. The standard InChI is InChI=1S/C21H28O5/c1-24-4-5-25-13-26-19-9-17(20(22)23)2-3-18(19)21-10-14-6-15(11-21)8-16(7-14)12-21/h2-3,9,14-16H,4-8,10-13H2,1H3,(H,22,23). The summed E-state index contributed by atoms with van der Waals surface area (Å²) in [5.41, 5.74) is 1.62. The molecule has 4 aliphatic carbocycles. The molecular formula is C21H28O5. The summed E-state index contributed by atoms with van der Waals surface area (Å²) in [6, 6.07) is 5.41. The lowest BCUT2D eigenvalue weighted by Gasteiger charge is -2.57. The Morgan fingerprint density at radius 3 is 2.35 bits per heavy atom. The van der Waals surface area contributed by atoms with Gasteiger partial charge in [0.2, 0.25) is 0 Å². The number of hydrogen-bond acceptors (Lipinski definition) is 4. The lowest BCUT2D eigenvalue weighted by molar-refractivity contribution is -0.0190. The van der Waals surface area contributed by atoms with Gasteiger partial charge >= 0.3 is 5.97 Å². The highest BCUT2D eigenvalue weighted by Crippen LogP contribution is 2.61. The van der Waals surface area contributed by atoms with Crippen LogP contribution in [0.3, 0.4) is 0 Å². The Morgan fingerprint density at radius 1 is 1.12 bits per heavy atom. The highest BCUT2D eigenvalue weighted by atomic mass is 16.7. The molecule has 4 fully saturated rings. The Bertz CT molecular complexity index is 633. The number of benzene rings is 1. The summed E-state index contributed by atoms with van der Waals surface area (Å²) in [4.78, 5) is 11.4. The predicted octanol–water partition coefficient (Wildman–Crippen LogP) is 3.85. The van der Waals surface area contributed by atoms with Gasteiger partial charge in [0, 0.05) is 12.7 Å². The molecule has 0 aliphatic heterocycles. The maximum absolute atomic E-state index is 11.4. The molecule has 4 bridgehead atoms. The van der Waals surface area contributed by atoms with Crippen molar-refractivity contribution in [2.75, 3.05) is 27.1 Å². The van der Waals surface area contributed by atoms with E-state index < -0.39 is 5.97 Å². The molecule has 0 atom stereocenters. The van der Waals surface area contributed by atoms with Crippen molar-refractivity contribution in [2.45, 2.75) is 43.9 Å². The maximum atomic E-state index is 11.4. The van der Waals surface area contributed by atoms with Gasteiger partial charge in [0.25, 0.3) is 0 Å². The van der Waals surface area contributed by atoms with Crippen LogP contribution >= 0.6 is 0 Å². The van der Waals surface area contributed by atoms with E-state index in [4.69, 9.17) is 14.2 Å². The van der Waals surface area contributed by atoms with Crippen LogP contribution in [0, 0.1) is 17.8 Å². The fraction of sp³-hybridized carbons (Fsp3) is 0.667. The predicted molar refractivity (Wildman–Crippen MR) is 96.6 cm³/mol. The summed E-state index contributed by atoms with van der Waals surface area (Å²) in [5.74, 6) is 2.24. The van der Waals surface area contributed by atoms with Crippen LogP contribution < -0.4 is 4.74 Å². The van der Waals surface area contributed by atoms with Gasteiger partial charge in [0.05, 0.1) is 18.8 Å². The average molecular weight is 360 g/mol. The van der Waals surface area contributed by atoms with Crippen LogP contribution in [0.2, 0.25) is 0 Å². The smallest absolute Gasteiger partial charge is 0.335 e. The molecule has 0 unspecified atom stereocenters. The van der Waals surface area contributed by atoms with Gasteiger partial charge < -0.3 is 19.3 Å². The zero-order chi connectivity index (χ0) is 18.1. The summed E-state index contributed by atoms with van der Waals surface area (Å²) in [6.07, 6.45) is 7.78. The lowest BCUT2D eigenvalue weighted by Crippen LogP contribution is -2.48. The van der Waals surface area contributed by atoms with Gasteiger partial charge in [-0.3, -0.25) is 0 Å². The molecule has 4 aliphatic rings. The van der Waals surface area contributed by atoms with E-state index in [0.717, 1.165) is 17.8 Å². The van der Waals surface area contributed by atoms with E-state index in [1.54, 1.807) is 19.2 Å². The maximum Gasteiger partial charge on any atom is 0.335 e. The van der Waals surface area contributed by atoms with E-state index in [2.05, 4.69) is 0 Å². The Balaban J connectivity index is 1.59. The van der Waals surface area contributed by atoms with E-state index in [1.165, 1.54) is 44.1 Å². The van der Waals surface area contributed by atoms with Crippen LogP contribution in [0.4, 0.5) is 0 Å². The summed E-state index contributed by atoms with van der Waals surface area (Å²) in [7, 11) is 1.63. The number of carbonyl (C=O) groups is 1. The minimum atomic E-state index is -0.924. The molecule has 0 radical (unpaired) electrons. The number of carboxylic acid groups (broad SMARTS) is 1. The molecule has 5 rings (SSSR count). The van der Waals surface area contributed by atoms with Crippen molar-refractivity contribution in [2.24, 2.45) is 17.8 Å². The van der Waals surface area contributed by atoms with Crippen molar-refractivity contribution in [3.05, 3.63) is 29.3 Å². The molecule has 1 aromatic rings. The molecule has 0 heterocycles. The topological polar surface area (TPSA) is 65.0 Å². The van der Waals surface area contributed by atoms with Crippen LogP contribution in [-0.2, 0) is 14.9 Å².